The summed E-state index contributed by atoms with van der Waals surface area (Å²) >= 11 is 0. The van der Waals surface area contributed by atoms with Crippen LogP contribution in [0.2, 0.25) is 0 Å². The van der Waals surface area contributed by atoms with E-state index in [1.54, 1.807) is 0 Å². The second-order valence-electron chi connectivity index (χ2n) is 3.91. The highest BCUT2D eigenvalue weighted by molar-refractivity contribution is 5.34. The van der Waals surface area contributed by atoms with Crippen molar-refractivity contribution in [1.29, 1.82) is 0 Å². The van der Waals surface area contributed by atoms with E-state index >= 15 is 0 Å². The molecule has 0 heterocycles. The van der Waals surface area contributed by atoms with Gasteiger partial charge in [0, 0.05) is 0 Å². The fraction of sp³-hybridized carbons (Fsp3) is 0.538. The van der Waals surface area contributed by atoms with Crippen molar-refractivity contribution in [1.82, 2.24) is 0 Å². The number of hydrogen-bond donors (Lipinski definition) is 1. The van der Waals surface area contributed by atoms with Crippen LogP contribution in [0.1, 0.15) is 31.4 Å². The van der Waals surface area contributed by atoms with E-state index in [1.807, 2.05) is 19.9 Å². The maximum atomic E-state index is 9.22. The number of hydrogen-bond acceptors (Lipinski definition) is 2. The number of aliphatic hydroxyl groups excluding tert-OH is 1. The Kier molecular flexibility index (Phi) is 4.63. The average Bonchev–Trinajstić information content (AvgIpc) is 2.17. The summed E-state index contributed by atoms with van der Waals surface area (Å²) in [6.07, 6.45) is 1.51. The molecule has 0 radical (unpaired) electrons. The predicted molar refractivity (Wildman–Crippen MR) is 62.3 cm³/mol. The Morgan fingerprint density at radius 3 is 2.67 bits per heavy atom. The van der Waals surface area contributed by atoms with Crippen LogP contribution < -0.4 is 4.74 Å². The van der Waals surface area contributed by atoms with Gasteiger partial charge < -0.3 is 9.84 Å². The lowest BCUT2D eigenvalue weighted by molar-refractivity contribution is 0.185. The summed E-state index contributed by atoms with van der Waals surface area (Å²) in [6.45, 7) is 6.59. The Labute approximate surface area is 91.9 Å². The van der Waals surface area contributed by atoms with Crippen LogP contribution in [-0.2, 0) is 6.42 Å². The van der Waals surface area contributed by atoms with Crippen molar-refractivity contribution >= 4 is 0 Å². The fourth-order valence-electron chi connectivity index (χ4n) is 1.57. The first-order valence-electron chi connectivity index (χ1n) is 5.54. The van der Waals surface area contributed by atoms with Crippen LogP contribution >= 0.6 is 0 Å². The average molecular weight is 208 g/mol. The maximum absolute atomic E-state index is 9.22. The molecule has 15 heavy (non-hydrogen) atoms. The molecule has 0 bridgehead atoms. The first-order valence-corrected chi connectivity index (χ1v) is 5.54. The standard InChI is InChI=1S/C13H20O2/c1-4-15-13-8-7-12(10(2)9-13)6-5-11(3)14/h7-9,11,14H,4-6H2,1-3H3. The molecule has 1 aromatic carbocycles. The molecule has 0 aliphatic carbocycles. The van der Waals surface area contributed by atoms with Crippen molar-refractivity contribution in [3.63, 3.8) is 0 Å². The van der Waals surface area contributed by atoms with E-state index in [4.69, 9.17) is 4.74 Å². The van der Waals surface area contributed by atoms with Gasteiger partial charge in [-0.25, -0.2) is 0 Å². The third-order valence-electron chi connectivity index (χ3n) is 2.46. The number of aliphatic hydroxyl groups is 1. The number of rotatable bonds is 5. The molecule has 0 saturated carbocycles. The molecule has 2 nitrogen and oxygen atoms in total. The van der Waals surface area contributed by atoms with E-state index < -0.39 is 0 Å². The molecule has 1 N–H and O–H groups in total. The zero-order valence-corrected chi connectivity index (χ0v) is 9.79. The van der Waals surface area contributed by atoms with Crippen molar-refractivity contribution in [2.24, 2.45) is 0 Å². The minimum Gasteiger partial charge on any atom is -0.494 e. The van der Waals surface area contributed by atoms with E-state index in [9.17, 15) is 5.11 Å². The Balaban J connectivity index is 2.66. The van der Waals surface area contributed by atoms with Crippen LogP contribution in [0.3, 0.4) is 0 Å². The zero-order chi connectivity index (χ0) is 11.3. The molecule has 0 aromatic heterocycles. The molecule has 0 fully saturated rings. The fourth-order valence-corrected chi connectivity index (χ4v) is 1.57. The molecule has 0 aliphatic rings. The number of aryl methyl sites for hydroxylation is 2. The van der Waals surface area contributed by atoms with Gasteiger partial charge >= 0.3 is 0 Å². The lowest BCUT2D eigenvalue weighted by atomic mass is 10.0. The predicted octanol–water partition coefficient (Wildman–Crippen LogP) is 2.71. The monoisotopic (exact) mass is 208 g/mol. The van der Waals surface area contributed by atoms with Crippen LogP contribution in [0.4, 0.5) is 0 Å². The Morgan fingerprint density at radius 2 is 2.13 bits per heavy atom. The van der Waals surface area contributed by atoms with Crippen molar-refractivity contribution in [2.45, 2.75) is 39.7 Å². The molecule has 1 rings (SSSR count). The molecular weight excluding hydrogens is 188 g/mol. The topological polar surface area (TPSA) is 29.5 Å². The normalized spacial score (nSPS) is 12.5. The highest BCUT2D eigenvalue weighted by atomic mass is 16.5. The van der Waals surface area contributed by atoms with Crippen molar-refractivity contribution in [3.8, 4) is 5.75 Å². The minimum absolute atomic E-state index is 0.226. The molecule has 1 unspecified atom stereocenters. The van der Waals surface area contributed by atoms with E-state index in [2.05, 4.69) is 19.1 Å². The first kappa shape index (κ1) is 12.1. The van der Waals surface area contributed by atoms with Crippen LogP contribution in [-0.4, -0.2) is 17.8 Å². The third-order valence-corrected chi connectivity index (χ3v) is 2.46. The van der Waals surface area contributed by atoms with Crippen LogP contribution in [0, 0.1) is 6.92 Å². The Bertz CT molecular complexity index is 305. The summed E-state index contributed by atoms with van der Waals surface area (Å²) < 4.78 is 5.42. The molecule has 84 valence electrons. The van der Waals surface area contributed by atoms with Crippen LogP contribution in [0.5, 0.6) is 5.75 Å². The van der Waals surface area contributed by atoms with Gasteiger partial charge in [-0.2, -0.15) is 0 Å². The Hall–Kier alpha value is -1.02. The molecule has 1 atom stereocenters. The van der Waals surface area contributed by atoms with Gasteiger partial charge in [0.2, 0.25) is 0 Å². The van der Waals surface area contributed by atoms with Gasteiger partial charge in [0.25, 0.3) is 0 Å². The van der Waals surface area contributed by atoms with E-state index in [1.165, 1.54) is 11.1 Å². The highest BCUT2D eigenvalue weighted by Gasteiger charge is 2.02. The number of benzene rings is 1. The molecular formula is C13H20O2. The second-order valence-corrected chi connectivity index (χ2v) is 3.91. The van der Waals surface area contributed by atoms with Crippen LogP contribution in [0.15, 0.2) is 18.2 Å². The smallest absolute Gasteiger partial charge is 0.119 e. The van der Waals surface area contributed by atoms with Gasteiger partial charge in [0.1, 0.15) is 5.75 Å². The highest BCUT2D eigenvalue weighted by Crippen LogP contribution is 2.18. The third kappa shape index (κ3) is 3.92. The molecule has 0 amide bonds. The summed E-state index contributed by atoms with van der Waals surface area (Å²) in [4.78, 5) is 0. The van der Waals surface area contributed by atoms with E-state index in [0.717, 1.165) is 18.6 Å². The number of ether oxygens (including phenoxy) is 1. The van der Waals surface area contributed by atoms with Gasteiger partial charge in [0.05, 0.1) is 12.7 Å². The first-order chi connectivity index (χ1) is 7.13. The zero-order valence-electron chi connectivity index (χ0n) is 9.79. The lowest BCUT2D eigenvalue weighted by Gasteiger charge is -2.10. The lowest BCUT2D eigenvalue weighted by Crippen LogP contribution is -2.02. The SMILES string of the molecule is CCOc1ccc(CCC(C)O)c(C)c1. The van der Waals surface area contributed by atoms with E-state index in [0.29, 0.717) is 6.61 Å². The summed E-state index contributed by atoms with van der Waals surface area (Å²) in [5.74, 6) is 0.927. The summed E-state index contributed by atoms with van der Waals surface area (Å²) in [5, 5.41) is 9.22. The molecule has 0 aliphatic heterocycles. The molecule has 1 aromatic rings. The van der Waals surface area contributed by atoms with Crippen LogP contribution in [0.25, 0.3) is 0 Å². The largest absolute Gasteiger partial charge is 0.494 e. The van der Waals surface area contributed by atoms with Crippen molar-refractivity contribution in [2.75, 3.05) is 6.61 Å². The van der Waals surface area contributed by atoms with Crippen molar-refractivity contribution in [3.05, 3.63) is 29.3 Å². The van der Waals surface area contributed by atoms with Crippen molar-refractivity contribution < 1.29 is 9.84 Å². The second kappa shape index (κ2) is 5.76. The summed E-state index contributed by atoms with van der Waals surface area (Å²) in [6, 6.07) is 6.14. The van der Waals surface area contributed by atoms with E-state index in [-0.39, 0.29) is 6.10 Å². The maximum Gasteiger partial charge on any atom is 0.119 e. The summed E-state index contributed by atoms with van der Waals surface area (Å²) in [7, 11) is 0. The summed E-state index contributed by atoms with van der Waals surface area (Å²) in [5.41, 5.74) is 2.53. The minimum atomic E-state index is -0.226. The quantitative estimate of drug-likeness (QED) is 0.806. The Morgan fingerprint density at radius 1 is 1.40 bits per heavy atom. The van der Waals surface area contributed by atoms with Gasteiger partial charge in [-0.1, -0.05) is 6.07 Å². The molecule has 0 spiro atoms. The van der Waals surface area contributed by atoms with Gasteiger partial charge in [-0.15, -0.1) is 0 Å². The van der Waals surface area contributed by atoms with Gasteiger partial charge in [0.15, 0.2) is 0 Å². The van der Waals surface area contributed by atoms with Gasteiger partial charge in [-0.3, -0.25) is 0 Å². The molecule has 2 heteroatoms. The molecule has 0 saturated heterocycles. The van der Waals surface area contributed by atoms with Gasteiger partial charge in [-0.05, 0) is 56.9 Å².